The zero-order chi connectivity index (χ0) is 16.3. The fourth-order valence-electron chi connectivity index (χ4n) is 2.68. The number of carbonyl (C=O) groups excluding carboxylic acids is 1. The van der Waals surface area contributed by atoms with Crippen LogP contribution in [-0.2, 0) is 6.42 Å². The van der Waals surface area contributed by atoms with Crippen molar-refractivity contribution in [1.29, 1.82) is 0 Å². The summed E-state index contributed by atoms with van der Waals surface area (Å²) in [6, 6.07) is 9.49. The molecule has 0 atom stereocenters. The minimum absolute atomic E-state index is 0.122. The number of ketones is 1. The summed E-state index contributed by atoms with van der Waals surface area (Å²) < 4.78 is 10.5. The van der Waals surface area contributed by atoms with E-state index in [1.165, 1.54) is 0 Å². The van der Waals surface area contributed by atoms with Crippen LogP contribution in [0.15, 0.2) is 30.3 Å². The van der Waals surface area contributed by atoms with Crippen molar-refractivity contribution >= 4 is 5.78 Å². The molecule has 0 saturated carbocycles. The van der Waals surface area contributed by atoms with Crippen molar-refractivity contribution in [3.63, 3.8) is 0 Å². The zero-order valence-corrected chi connectivity index (χ0v) is 13.8. The normalized spacial score (nSPS) is 10.4. The van der Waals surface area contributed by atoms with Gasteiger partial charge in [-0.1, -0.05) is 0 Å². The molecule has 0 aromatic heterocycles. The standard InChI is InChI=1S/C19H22O3/c1-12-8-15(21-4)6-7-17(12)19(20)11-18-13(2)9-16(22-5)10-14(18)3/h6-10H,11H2,1-5H3. The van der Waals surface area contributed by atoms with E-state index in [4.69, 9.17) is 9.47 Å². The molecule has 0 aliphatic rings. The number of hydrogen-bond donors (Lipinski definition) is 0. The van der Waals surface area contributed by atoms with Gasteiger partial charge >= 0.3 is 0 Å². The quantitative estimate of drug-likeness (QED) is 0.781. The highest BCUT2D eigenvalue weighted by Crippen LogP contribution is 2.24. The van der Waals surface area contributed by atoms with E-state index >= 15 is 0 Å². The molecule has 0 N–H and O–H groups in total. The van der Waals surface area contributed by atoms with Crippen LogP contribution in [0.1, 0.15) is 32.6 Å². The number of Topliss-reactive ketones (excluding diaryl/α,β-unsaturated/α-hetero) is 1. The molecule has 3 nitrogen and oxygen atoms in total. The third-order valence-electron chi connectivity index (χ3n) is 3.98. The van der Waals surface area contributed by atoms with Crippen LogP contribution in [0.2, 0.25) is 0 Å². The maximum absolute atomic E-state index is 12.6. The lowest BCUT2D eigenvalue weighted by Crippen LogP contribution is -2.08. The van der Waals surface area contributed by atoms with Crippen molar-refractivity contribution < 1.29 is 14.3 Å². The van der Waals surface area contributed by atoms with Gasteiger partial charge in [-0.25, -0.2) is 0 Å². The first-order chi connectivity index (χ1) is 10.5. The summed E-state index contributed by atoms with van der Waals surface area (Å²) in [5.41, 5.74) is 4.91. The van der Waals surface area contributed by atoms with E-state index in [-0.39, 0.29) is 5.78 Å². The zero-order valence-electron chi connectivity index (χ0n) is 13.8. The lowest BCUT2D eigenvalue weighted by atomic mass is 9.93. The Kier molecular flexibility index (Phi) is 4.86. The van der Waals surface area contributed by atoms with Crippen molar-refractivity contribution in [1.82, 2.24) is 0 Å². The summed E-state index contributed by atoms with van der Waals surface area (Å²) in [7, 11) is 3.28. The van der Waals surface area contributed by atoms with Crippen LogP contribution in [0.4, 0.5) is 0 Å². The molecule has 0 radical (unpaired) electrons. The van der Waals surface area contributed by atoms with Crippen molar-refractivity contribution in [2.75, 3.05) is 14.2 Å². The molecule has 2 aromatic carbocycles. The number of carbonyl (C=O) groups is 1. The van der Waals surface area contributed by atoms with E-state index in [2.05, 4.69) is 0 Å². The summed E-state index contributed by atoms with van der Waals surface area (Å²) >= 11 is 0. The molecular weight excluding hydrogens is 276 g/mol. The highest BCUT2D eigenvalue weighted by atomic mass is 16.5. The Morgan fingerprint density at radius 1 is 0.864 bits per heavy atom. The van der Waals surface area contributed by atoms with Gasteiger partial charge in [0.2, 0.25) is 0 Å². The van der Waals surface area contributed by atoms with Crippen LogP contribution in [0.25, 0.3) is 0 Å². The molecule has 0 spiro atoms. The van der Waals surface area contributed by atoms with Crippen molar-refractivity contribution in [3.05, 3.63) is 58.1 Å². The van der Waals surface area contributed by atoms with Gasteiger partial charge in [-0.3, -0.25) is 4.79 Å². The van der Waals surface area contributed by atoms with E-state index in [1.807, 2.05) is 51.1 Å². The van der Waals surface area contributed by atoms with Gasteiger partial charge in [0, 0.05) is 12.0 Å². The van der Waals surface area contributed by atoms with Crippen LogP contribution in [-0.4, -0.2) is 20.0 Å². The second-order valence-corrected chi connectivity index (χ2v) is 5.52. The number of methoxy groups -OCH3 is 2. The fraction of sp³-hybridized carbons (Fsp3) is 0.316. The Morgan fingerprint density at radius 2 is 1.41 bits per heavy atom. The molecule has 0 unspecified atom stereocenters. The molecule has 2 aromatic rings. The molecule has 2 rings (SSSR count). The first-order valence-corrected chi connectivity index (χ1v) is 7.28. The number of ether oxygens (including phenoxy) is 2. The average molecular weight is 298 g/mol. The SMILES string of the molecule is COc1ccc(C(=O)Cc2c(C)cc(OC)cc2C)c(C)c1. The van der Waals surface area contributed by atoms with E-state index in [9.17, 15) is 4.79 Å². The van der Waals surface area contributed by atoms with E-state index in [1.54, 1.807) is 14.2 Å². The highest BCUT2D eigenvalue weighted by molar-refractivity contribution is 5.99. The third-order valence-corrected chi connectivity index (χ3v) is 3.98. The number of rotatable bonds is 5. The van der Waals surface area contributed by atoms with Gasteiger partial charge in [0.25, 0.3) is 0 Å². The topological polar surface area (TPSA) is 35.5 Å². The summed E-state index contributed by atoms with van der Waals surface area (Å²) in [5, 5.41) is 0. The second kappa shape index (κ2) is 6.65. The Bertz CT molecular complexity index is 679. The average Bonchev–Trinajstić information content (AvgIpc) is 2.50. The first-order valence-electron chi connectivity index (χ1n) is 7.28. The van der Waals surface area contributed by atoms with Gasteiger partial charge < -0.3 is 9.47 Å². The molecule has 0 aliphatic heterocycles. The minimum atomic E-state index is 0.122. The molecule has 0 bridgehead atoms. The van der Waals surface area contributed by atoms with Gasteiger partial charge in [0.15, 0.2) is 5.78 Å². The Labute approximate surface area is 131 Å². The molecular formula is C19H22O3. The number of aryl methyl sites for hydroxylation is 3. The molecule has 116 valence electrons. The number of benzene rings is 2. The van der Waals surface area contributed by atoms with Gasteiger partial charge in [-0.05, 0) is 73.4 Å². The minimum Gasteiger partial charge on any atom is -0.497 e. The molecule has 0 heterocycles. The first kappa shape index (κ1) is 16.1. The van der Waals surface area contributed by atoms with Gasteiger partial charge in [0.05, 0.1) is 14.2 Å². The van der Waals surface area contributed by atoms with Crippen molar-refractivity contribution in [2.45, 2.75) is 27.2 Å². The van der Waals surface area contributed by atoms with Crippen molar-refractivity contribution in [3.8, 4) is 11.5 Å². The second-order valence-electron chi connectivity index (χ2n) is 5.52. The van der Waals surface area contributed by atoms with Gasteiger partial charge in [-0.15, -0.1) is 0 Å². The Hall–Kier alpha value is -2.29. The molecule has 0 saturated heterocycles. The summed E-state index contributed by atoms with van der Waals surface area (Å²) in [6.07, 6.45) is 0.398. The third kappa shape index (κ3) is 3.30. The summed E-state index contributed by atoms with van der Waals surface area (Å²) in [6.45, 7) is 5.96. The van der Waals surface area contributed by atoms with E-state index in [0.717, 1.165) is 39.3 Å². The molecule has 3 heteroatoms. The van der Waals surface area contributed by atoms with Crippen LogP contribution >= 0.6 is 0 Å². The summed E-state index contributed by atoms with van der Waals surface area (Å²) in [4.78, 5) is 12.6. The monoisotopic (exact) mass is 298 g/mol. The predicted octanol–water partition coefficient (Wildman–Crippen LogP) is 4.05. The Morgan fingerprint density at radius 3 is 1.91 bits per heavy atom. The van der Waals surface area contributed by atoms with Crippen LogP contribution in [0.5, 0.6) is 11.5 Å². The molecule has 0 amide bonds. The Balaban J connectivity index is 2.29. The fourth-order valence-corrected chi connectivity index (χ4v) is 2.68. The molecule has 0 aliphatic carbocycles. The van der Waals surface area contributed by atoms with Crippen LogP contribution in [0, 0.1) is 20.8 Å². The predicted molar refractivity (Wildman–Crippen MR) is 88.2 cm³/mol. The van der Waals surface area contributed by atoms with E-state index in [0.29, 0.717) is 6.42 Å². The molecule has 0 fully saturated rings. The van der Waals surface area contributed by atoms with Gasteiger partial charge in [-0.2, -0.15) is 0 Å². The maximum Gasteiger partial charge on any atom is 0.167 e. The van der Waals surface area contributed by atoms with Gasteiger partial charge in [0.1, 0.15) is 11.5 Å². The van der Waals surface area contributed by atoms with Crippen LogP contribution < -0.4 is 9.47 Å². The summed E-state index contributed by atoms with van der Waals surface area (Å²) in [5.74, 6) is 1.72. The number of hydrogen-bond acceptors (Lipinski definition) is 3. The molecule has 22 heavy (non-hydrogen) atoms. The van der Waals surface area contributed by atoms with Crippen molar-refractivity contribution in [2.24, 2.45) is 0 Å². The lowest BCUT2D eigenvalue weighted by Gasteiger charge is -2.13. The van der Waals surface area contributed by atoms with Crippen LogP contribution in [0.3, 0.4) is 0 Å². The largest absolute Gasteiger partial charge is 0.497 e. The smallest absolute Gasteiger partial charge is 0.167 e. The highest BCUT2D eigenvalue weighted by Gasteiger charge is 2.14. The lowest BCUT2D eigenvalue weighted by molar-refractivity contribution is 0.0992. The maximum atomic E-state index is 12.6. The van der Waals surface area contributed by atoms with E-state index < -0.39 is 0 Å².